The Morgan fingerprint density at radius 1 is 1.04 bits per heavy atom. The summed E-state index contributed by atoms with van der Waals surface area (Å²) in [5.41, 5.74) is -0.451. The molecular formula is C18H31N3O3. The van der Waals surface area contributed by atoms with E-state index in [2.05, 4.69) is 10.6 Å². The van der Waals surface area contributed by atoms with Gasteiger partial charge in [-0.1, -0.05) is 27.2 Å². The van der Waals surface area contributed by atoms with Crippen molar-refractivity contribution in [3.05, 3.63) is 0 Å². The van der Waals surface area contributed by atoms with Crippen molar-refractivity contribution >= 4 is 17.7 Å². The monoisotopic (exact) mass is 337 g/mol. The lowest BCUT2D eigenvalue weighted by atomic mass is 9.94. The summed E-state index contributed by atoms with van der Waals surface area (Å²) in [4.78, 5) is 38.6. The molecule has 0 bridgehead atoms. The molecule has 0 aromatic rings. The van der Waals surface area contributed by atoms with E-state index in [-0.39, 0.29) is 36.1 Å². The van der Waals surface area contributed by atoms with Crippen LogP contribution in [0.5, 0.6) is 0 Å². The number of likely N-dealkylation sites (N-methyl/N-ethyl adjacent to an activating group) is 1. The third kappa shape index (κ3) is 5.49. The van der Waals surface area contributed by atoms with Crippen molar-refractivity contribution in [1.82, 2.24) is 15.5 Å². The minimum Gasteiger partial charge on any atom is -0.353 e. The van der Waals surface area contributed by atoms with Crippen LogP contribution >= 0.6 is 0 Å². The number of hydrogen-bond donors (Lipinski definition) is 2. The van der Waals surface area contributed by atoms with Gasteiger partial charge in [0.25, 0.3) is 0 Å². The molecule has 136 valence electrons. The van der Waals surface area contributed by atoms with Gasteiger partial charge in [-0.2, -0.15) is 0 Å². The van der Waals surface area contributed by atoms with Crippen LogP contribution < -0.4 is 10.6 Å². The second-order valence-electron chi connectivity index (χ2n) is 8.31. The van der Waals surface area contributed by atoms with Gasteiger partial charge < -0.3 is 15.5 Å². The highest BCUT2D eigenvalue weighted by atomic mass is 16.2. The van der Waals surface area contributed by atoms with Gasteiger partial charge in [0.2, 0.25) is 17.7 Å². The van der Waals surface area contributed by atoms with Gasteiger partial charge in [-0.3, -0.25) is 14.4 Å². The molecule has 1 aliphatic carbocycles. The van der Waals surface area contributed by atoms with Gasteiger partial charge in [-0.05, 0) is 25.7 Å². The van der Waals surface area contributed by atoms with Gasteiger partial charge in [0, 0.05) is 43.4 Å². The van der Waals surface area contributed by atoms with Gasteiger partial charge in [0.1, 0.15) is 0 Å². The number of nitrogens with one attached hydrogen (secondary N) is 2. The summed E-state index contributed by atoms with van der Waals surface area (Å²) in [6, 6.07) is 0.257. The number of amides is 3. The van der Waals surface area contributed by atoms with E-state index in [0.717, 1.165) is 25.7 Å². The average molecular weight is 337 g/mol. The Morgan fingerprint density at radius 2 is 1.71 bits per heavy atom. The first-order chi connectivity index (χ1) is 11.2. The predicted molar refractivity (Wildman–Crippen MR) is 92.1 cm³/mol. The van der Waals surface area contributed by atoms with Gasteiger partial charge in [-0.25, -0.2) is 0 Å². The van der Waals surface area contributed by atoms with Crippen LogP contribution in [0.3, 0.4) is 0 Å². The molecule has 24 heavy (non-hydrogen) atoms. The van der Waals surface area contributed by atoms with Crippen molar-refractivity contribution in [2.45, 2.75) is 71.4 Å². The molecule has 2 atom stereocenters. The minimum absolute atomic E-state index is 0.00405. The van der Waals surface area contributed by atoms with Crippen molar-refractivity contribution in [2.24, 2.45) is 11.3 Å². The minimum atomic E-state index is -0.451. The molecule has 1 aliphatic heterocycles. The highest BCUT2D eigenvalue weighted by Crippen LogP contribution is 2.23. The highest BCUT2D eigenvalue weighted by molar-refractivity contribution is 5.86. The summed E-state index contributed by atoms with van der Waals surface area (Å²) >= 11 is 0. The summed E-state index contributed by atoms with van der Waals surface area (Å²) in [6.45, 7) is 6.14. The third-order valence-corrected chi connectivity index (χ3v) is 4.76. The summed E-state index contributed by atoms with van der Waals surface area (Å²) < 4.78 is 0. The molecule has 2 unspecified atom stereocenters. The van der Waals surface area contributed by atoms with Crippen molar-refractivity contribution in [3.8, 4) is 0 Å². The Balaban J connectivity index is 1.97. The fraction of sp³-hybridized carbons (Fsp3) is 0.833. The van der Waals surface area contributed by atoms with E-state index >= 15 is 0 Å². The first-order valence-electron chi connectivity index (χ1n) is 9.02. The van der Waals surface area contributed by atoms with E-state index < -0.39 is 5.41 Å². The molecule has 0 aromatic carbocycles. The lowest BCUT2D eigenvalue weighted by molar-refractivity contribution is -0.136. The molecule has 2 rings (SSSR count). The molecule has 2 aliphatic rings. The van der Waals surface area contributed by atoms with E-state index in [9.17, 15) is 14.4 Å². The van der Waals surface area contributed by atoms with Crippen LogP contribution in [-0.4, -0.2) is 48.3 Å². The van der Waals surface area contributed by atoms with Gasteiger partial charge >= 0.3 is 0 Å². The van der Waals surface area contributed by atoms with Crippen LogP contribution in [0.15, 0.2) is 0 Å². The summed E-state index contributed by atoms with van der Waals surface area (Å²) in [7, 11) is 1.75. The zero-order valence-corrected chi connectivity index (χ0v) is 15.4. The fourth-order valence-electron chi connectivity index (χ4n) is 2.89. The van der Waals surface area contributed by atoms with Crippen molar-refractivity contribution in [1.29, 1.82) is 0 Å². The molecule has 1 saturated carbocycles. The van der Waals surface area contributed by atoms with Crippen LogP contribution in [0.1, 0.15) is 59.3 Å². The third-order valence-electron chi connectivity index (χ3n) is 4.76. The van der Waals surface area contributed by atoms with Gasteiger partial charge in [0.05, 0.1) is 0 Å². The van der Waals surface area contributed by atoms with Crippen LogP contribution in [0, 0.1) is 11.3 Å². The maximum atomic E-state index is 12.4. The lowest BCUT2D eigenvalue weighted by Gasteiger charge is -2.27. The normalized spacial score (nSPS) is 26.2. The van der Waals surface area contributed by atoms with Crippen molar-refractivity contribution < 1.29 is 14.4 Å². The summed E-state index contributed by atoms with van der Waals surface area (Å²) in [5.74, 6) is -0.271. The number of rotatable bonds is 3. The number of nitrogens with zero attached hydrogens (tertiary/aromatic N) is 1. The van der Waals surface area contributed by atoms with Crippen LogP contribution in [0.2, 0.25) is 0 Å². The Labute approximate surface area is 144 Å². The molecule has 2 N–H and O–H groups in total. The van der Waals surface area contributed by atoms with Crippen molar-refractivity contribution in [2.75, 3.05) is 13.6 Å². The van der Waals surface area contributed by atoms with Gasteiger partial charge in [0.15, 0.2) is 0 Å². The summed E-state index contributed by atoms with van der Waals surface area (Å²) in [5, 5.41) is 6.07. The van der Waals surface area contributed by atoms with Crippen LogP contribution in [-0.2, 0) is 14.4 Å². The maximum Gasteiger partial charge on any atom is 0.225 e. The second kappa shape index (κ2) is 7.53. The van der Waals surface area contributed by atoms with E-state index in [4.69, 9.17) is 0 Å². The fourth-order valence-corrected chi connectivity index (χ4v) is 2.89. The predicted octanol–water partition coefficient (Wildman–Crippen LogP) is 1.44. The molecular weight excluding hydrogens is 306 g/mol. The quantitative estimate of drug-likeness (QED) is 0.818. The van der Waals surface area contributed by atoms with E-state index in [1.54, 1.807) is 11.9 Å². The smallest absolute Gasteiger partial charge is 0.225 e. The molecule has 0 aromatic heterocycles. The lowest BCUT2D eigenvalue weighted by Crippen LogP contribution is -2.47. The number of carbonyl (C=O) groups is 3. The SMILES string of the molecule is CN1CC(NC(=O)C(C)(C)C)CCCC(C(=O)NC2CC2)CC1=O. The topological polar surface area (TPSA) is 78.5 Å². The van der Waals surface area contributed by atoms with Crippen LogP contribution in [0.4, 0.5) is 0 Å². The van der Waals surface area contributed by atoms with E-state index in [0.29, 0.717) is 19.0 Å². The second-order valence-corrected chi connectivity index (χ2v) is 8.31. The standard InChI is InChI=1S/C18H31N3O3/c1-18(2,3)17(24)20-14-7-5-6-12(10-15(22)21(4)11-14)16(23)19-13-8-9-13/h12-14H,5-11H2,1-4H3,(H,19,23)(H,20,24). The Kier molecular flexibility index (Phi) is 5.88. The molecule has 0 spiro atoms. The Bertz CT molecular complexity index is 494. The average Bonchev–Trinajstić information content (AvgIpc) is 3.27. The molecule has 2 fully saturated rings. The number of hydrogen-bond acceptors (Lipinski definition) is 3. The molecule has 1 saturated heterocycles. The first kappa shape index (κ1) is 18.7. The first-order valence-corrected chi connectivity index (χ1v) is 9.02. The molecule has 3 amide bonds. The largest absolute Gasteiger partial charge is 0.353 e. The zero-order chi connectivity index (χ0) is 17.9. The molecule has 1 heterocycles. The van der Waals surface area contributed by atoms with E-state index in [1.165, 1.54) is 0 Å². The number of carbonyl (C=O) groups excluding carboxylic acids is 3. The zero-order valence-electron chi connectivity index (χ0n) is 15.4. The van der Waals surface area contributed by atoms with Crippen molar-refractivity contribution in [3.63, 3.8) is 0 Å². The summed E-state index contributed by atoms with van der Waals surface area (Å²) in [6.07, 6.45) is 4.67. The molecule has 6 heteroatoms. The molecule has 6 nitrogen and oxygen atoms in total. The van der Waals surface area contributed by atoms with Crippen LogP contribution in [0.25, 0.3) is 0 Å². The Morgan fingerprint density at radius 3 is 2.29 bits per heavy atom. The van der Waals surface area contributed by atoms with Gasteiger partial charge in [-0.15, -0.1) is 0 Å². The molecule has 0 radical (unpaired) electrons. The van der Waals surface area contributed by atoms with E-state index in [1.807, 2.05) is 20.8 Å². The maximum absolute atomic E-state index is 12.4. The Hall–Kier alpha value is -1.59. The highest BCUT2D eigenvalue weighted by Gasteiger charge is 2.32.